The van der Waals surface area contributed by atoms with Crippen molar-refractivity contribution in [1.82, 2.24) is 0 Å². The lowest BCUT2D eigenvalue weighted by Crippen LogP contribution is -1.73. The van der Waals surface area contributed by atoms with Gasteiger partial charge in [-0.2, -0.15) is 0 Å². The van der Waals surface area contributed by atoms with Gasteiger partial charge in [0.1, 0.15) is 0 Å². The van der Waals surface area contributed by atoms with Crippen molar-refractivity contribution in [3.8, 4) is 0 Å². The van der Waals surface area contributed by atoms with Crippen LogP contribution >= 0.6 is 27.5 Å². The minimum Gasteiger partial charge on any atom is -0.125 e. The first kappa shape index (κ1) is 5.77. The third-order valence-corrected chi connectivity index (χ3v) is 1.19. The Labute approximate surface area is 45.6 Å². The topological polar surface area (TPSA) is 0 Å². The minimum absolute atomic E-state index is 0.611. The summed E-state index contributed by atoms with van der Waals surface area (Å²) in [5.74, 6) is 0.611. The van der Waals surface area contributed by atoms with Crippen LogP contribution in [0.1, 0.15) is 6.92 Å². The van der Waals surface area contributed by atoms with E-state index in [1.165, 1.54) is 0 Å². The third-order valence-electron chi connectivity index (χ3n) is 0.184. The highest BCUT2D eigenvalue weighted by Gasteiger charge is 1.86. The van der Waals surface area contributed by atoms with Gasteiger partial charge in [-0.05, 0) is 6.92 Å². The number of alkyl halides is 1. The molecule has 2 heteroatoms. The smallest absolute Gasteiger partial charge is 0.0526 e. The average molecular weight is 156 g/mol. The Morgan fingerprint density at radius 3 is 2.20 bits per heavy atom. The van der Waals surface area contributed by atoms with Crippen LogP contribution in [0.5, 0.6) is 0 Å². The van der Waals surface area contributed by atoms with Gasteiger partial charge in [-0.25, -0.2) is 0 Å². The summed E-state index contributed by atoms with van der Waals surface area (Å²) in [6.07, 6.45) is 0. The SMILES string of the molecule is C[C](Br)CCl. The Morgan fingerprint density at radius 1 is 2.00 bits per heavy atom. The van der Waals surface area contributed by atoms with Crippen LogP contribution in [-0.2, 0) is 0 Å². The summed E-state index contributed by atoms with van der Waals surface area (Å²) in [7, 11) is 0. The largest absolute Gasteiger partial charge is 0.125 e. The van der Waals surface area contributed by atoms with Crippen molar-refractivity contribution in [2.75, 3.05) is 5.88 Å². The number of hydrogen-bond donors (Lipinski definition) is 0. The fraction of sp³-hybridized carbons (Fsp3) is 0.667. The van der Waals surface area contributed by atoms with Crippen molar-refractivity contribution in [2.45, 2.75) is 6.92 Å². The molecule has 0 aromatic carbocycles. The fourth-order valence-corrected chi connectivity index (χ4v) is 0. The van der Waals surface area contributed by atoms with E-state index in [0.717, 1.165) is 4.83 Å². The molecule has 0 aromatic rings. The number of halogens is 2. The molecule has 0 spiro atoms. The van der Waals surface area contributed by atoms with E-state index in [0.29, 0.717) is 5.88 Å². The normalized spacial score (nSPS) is 9.60. The molecule has 0 saturated heterocycles. The third kappa shape index (κ3) is 4.77. The van der Waals surface area contributed by atoms with Gasteiger partial charge in [-0.15, -0.1) is 11.6 Å². The van der Waals surface area contributed by atoms with E-state index < -0.39 is 0 Å². The van der Waals surface area contributed by atoms with Crippen molar-refractivity contribution in [1.29, 1.82) is 0 Å². The van der Waals surface area contributed by atoms with Gasteiger partial charge in [0, 0.05) is 5.88 Å². The molecule has 0 aliphatic carbocycles. The summed E-state index contributed by atoms with van der Waals surface area (Å²) < 4.78 is 0. The molecule has 0 N–H and O–H groups in total. The highest BCUT2D eigenvalue weighted by Crippen LogP contribution is 2.07. The molecule has 0 nitrogen and oxygen atoms in total. The van der Waals surface area contributed by atoms with Gasteiger partial charge >= 0.3 is 0 Å². The zero-order valence-electron chi connectivity index (χ0n) is 2.96. The van der Waals surface area contributed by atoms with E-state index in [1.54, 1.807) is 0 Å². The summed E-state index contributed by atoms with van der Waals surface area (Å²) in [6, 6.07) is 0. The maximum atomic E-state index is 5.25. The molecule has 0 amide bonds. The predicted molar refractivity (Wildman–Crippen MR) is 28.6 cm³/mol. The number of hydrogen-bond acceptors (Lipinski definition) is 0. The fourth-order valence-electron chi connectivity index (χ4n) is 0. The van der Waals surface area contributed by atoms with Crippen LogP contribution < -0.4 is 0 Å². The van der Waals surface area contributed by atoms with Gasteiger partial charge in [-0.3, -0.25) is 0 Å². The first-order chi connectivity index (χ1) is 2.27. The molecule has 0 unspecified atom stereocenters. The second-order valence-corrected chi connectivity index (χ2v) is 2.43. The first-order valence-corrected chi connectivity index (χ1v) is 2.64. The van der Waals surface area contributed by atoms with Crippen LogP contribution in [0.3, 0.4) is 0 Å². The maximum Gasteiger partial charge on any atom is 0.0526 e. The molecule has 31 valence electrons. The van der Waals surface area contributed by atoms with E-state index in [-0.39, 0.29) is 0 Å². The zero-order chi connectivity index (χ0) is 4.28. The van der Waals surface area contributed by atoms with Gasteiger partial charge in [0.15, 0.2) is 0 Å². The first-order valence-electron chi connectivity index (χ1n) is 1.31. The van der Waals surface area contributed by atoms with Crippen molar-refractivity contribution in [3.05, 3.63) is 4.83 Å². The van der Waals surface area contributed by atoms with Crippen molar-refractivity contribution >= 4 is 27.5 Å². The van der Waals surface area contributed by atoms with Gasteiger partial charge in [0.2, 0.25) is 0 Å². The molecule has 0 aliphatic heterocycles. The van der Waals surface area contributed by atoms with Gasteiger partial charge in [-0.1, -0.05) is 15.9 Å². The summed E-state index contributed by atoms with van der Waals surface area (Å²) in [4.78, 5) is 1.08. The average Bonchev–Trinajstić information content (AvgIpc) is 1.38. The van der Waals surface area contributed by atoms with Crippen LogP contribution in [0, 0.1) is 4.83 Å². The van der Waals surface area contributed by atoms with Gasteiger partial charge in [0.05, 0.1) is 4.83 Å². The minimum atomic E-state index is 0.611. The standard InChI is InChI=1S/C3H5BrCl/c1-3(4)2-5/h2H2,1H3. The summed E-state index contributed by atoms with van der Waals surface area (Å²) in [5.41, 5.74) is 0. The summed E-state index contributed by atoms with van der Waals surface area (Å²) in [6.45, 7) is 1.92. The monoisotopic (exact) mass is 155 g/mol. The molecule has 0 aromatic heterocycles. The molecule has 0 heterocycles. The molecule has 0 rings (SSSR count). The second kappa shape index (κ2) is 2.98. The molecule has 1 radical (unpaired) electrons. The molecule has 0 fully saturated rings. The van der Waals surface area contributed by atoms with Crippen LogP contribution in [0.2, 0.25) is 0 Å². The Morgan fingerprint density at radius 2 is 2.20 bits per heavy atom. The lowest BCUT2D eigenvalue weighted by molar-refractivity contribution is 1.37. The molecule has 5 heavy (non-hydrogen) atoms. The molecular formula is C3H5BrCl. The van der Waals surface area contributed by atoms with Gasteiger partial charge < -0.3 is 0 Å². The molecule has 0 aliphatic rings. The lowest BCUT2D eigenvalue weighted by Gasteiger charge is -1.84. The van der Waals surface area contributed by atoms with Crippen molar-refractivity contribution in [2.24, 2.45) is 0 Å². The van der Waals surface area contributed by atoms with Crippen molar-refractivity contribution < 1.29 is 0 Å². The molecule has 0 bridgehead atoms. The molecule has 0 atom stereocenters. The van der Waals surface area contributed by atoms with Crippen LogP contribution in [0.15, 0.2) is 0 Å². The second-order valence-electron chi connectivity index (χ2n) is 0.810. The summed E-state index contributed by atoms with van der Waals surface area (Å²) in [5, 5.41) is 0. The zero-order valence-corrected chi connectivity index (χ0v) is 5.30. The Hall–Kier alpha value is 0.770. The van der Waals surface area contributed by atoms with E-state index in [1.807, 2.05) is 6.92 Å². The summed E-state index contributed by atoms with van der Waals surface area (Å²) >= 11 is 8.41. The predicted octanol–water partition coefficient (Wildman–Crippen LogP) is 2.17. The molecule has 0 saturated carbocycles. The highest BCUT2D eigenvalue weighted by atomic mass is 79.9. The number of rotatable bonds is 1. The highest BCUT2D eigenvalue weighted by molar-refractivity contribution is 9.11. The van der Waals surface area contributed by atoms with Gasteiger partial charge in [0.25, 0.3) is 0 Å². The van der Waals surface area contributed by atoms with E-state index in [9.17, 15) is 0 Å². The van der Waals surface area contributed by atoms with E-state index >= 15 is 0 Å². The molecular weight excluding hydrogens is 151 g/mol. The van der Waals surface area contributed by atoms with Crippen LogP contribution in [-0.4, -0.2) is 5.88 Å². The van der Waals surface area contributed by atoms with Crippen LogP contribution in [0.25, 0.3) is 0 Å². The maximum absolute atomic E-state index is 5.25. The van der Waals surface area contributed by atoms with E-state index in [4.69, 9.17) is 11.6 Å². The quantitative estimate of drug-likeness (QED) is 0.511. The van der Waals surface area contributed by atoms with E-state index in [2.05, 4.69) is 15.9 Å². The Kier molecular flexibility index (Phi) is 3.44. The van der Waals surface area contributed by atoms with Crippen molar-refractivity contribution in [3.63, 3.8) is 0 Å². The lowest BCUT2D eigenvalue weighted by atomic mass is 10.6. The van der Waals surface area contributed by atoms with Crippen LogP contribution in [0.4, 0.5) is 0 Å². The Bertz CT molecular complexity index is 20.9. The Balaban J connectivity index is 2.54.